The highest BCUT2D eigenvalue weighted by Gasteiger charge is 2.36. The summed E-state index contributed by atoms with van der Waals surface area (Å²) in [6.07, 6.45) is 1.66. The summed E-state index contributed by atoms with van der Waals surface area (Å²) in [5.74, 6) is 0.689. The van der Waals surface area contributed by atoms with Gasteiger partial charge in [-0.15, -0.1) is 23.1 Å². The summed E-state index contributed by atoms with van der Waals surface area (Å²) in [4.78, 5) is 28.4. The molecule has 2 aromatic rings. The second-order valence-electron chi connectivity index (χ2n) is 8.12. The molecular formula is C22H26BrNO3S2. The average molecular weight is 496 g/mol. The fourth-order valence-corrected chi connectivity index (χ4v) is 5.75. The third kappa shape index (κ3) is 5.86. The van der Waals surface area contributed by atoms with E-state index in [-0.39, 0.29) is 17.3 Å². The lowest BCUT2D eigenvalue weighted by Gasteiger charge is -2.23. The number of aryl methyl sites for hydroxylation is 1. The zero-order chi connectivity index (χ0) is 21.0. The van der Waals surface area contributed by atoms with Gasteiger partial charge in [0.05, 0.1) is 12.5 Å². The highest BCUT2D eigenvalue weighted by molar-refractivity contribution is 9.10. The molecule has 1 aromatic carbocycles. The molecule has 0 radical (unpaired) electrons. The zero-order valence-electron chi connectivity index (χ0n) is 16.9. The molecule has 0 aliphatic carbocycles. The van der Waals surface area contributed by atoms with Gasteiger partial charge < -0.3 is 9.64 Å². The molecule has 29 heavy (non-hydrogen) atoms. The van der Waals surface area contributed by atoms with E-state index in [0.717, 1.165) is 17.3 Å². The van der Waals surface area contributed by atoms with Crippen molar-refractivity contribution in [3.63, 3.8) is 0 Å². The maximum atomic E-state index is 12.9. The summed E-state index contributed by atoms with van der Waals surface area (Å²) >= 11 is 6.73. The minimum Gasteiger partial charge on any atom is -0.464 e. The Balaban J connectivity index is 1.54. The van der Waals surface area contributed by atoms with Crippen LogP contribution in [0.15, 0.2) is 40.2 Å². The molecule has 1 aliphatic heterocycles. The van der Waals surface area contributed by atoms with E-state index in [9.17, 15) is 9.59 Å². The first-order valence-corrected chi connectivity index (χ1v) is 12.5. The van der Waals surface area contributed by atoms with Crippen molar-refractivity contribution in [2.45, 2.75) is 45.1 Å². The van der Waals surface area contributed by atoms with Crippen LogP contribution >= 0.6 is 39.0 Å². The monoisotopic (exact) mass is 495 g/mol. The molecule has 1 atom stereocenters. The van der Waals surface area contributed by atoms with Gasteiger partial charge in [-0.2, -0.15) is 0 Å². The standard InChI is InChI=1S/C22H26BrNO3S2/c1-22(2,3)16-8-6-15(7-9-16)20(25)24-14-28-13-19(24)21(26)27-10-4-5-18-11-17(23)12-29-18/h6-9,11-12,19H,4-5,10,13-14H2,1-3H3. The maximum Gasteiger partial charge on any atom is 0.329 e. The van der Waals surface area contributed by atoms with Crippen molar-refractivity contribution in [3.05, 3.63) is 56.2 Å². The van der Waals surface area contributed by atoms with Crippen LogP contribution < -0.4 is 0 Å². The predicted molar refractivity (Wildman–Crippen MR) is 124 cm³/mol. The summed E-state index contributed by atoms with van der Waals surface area (Å²) in [5, 5.41) is 2.05. The number of ether oxygens (including phenoxy) is 1. The molecule has 7 heteroatoms. The van der Waals surface area contributed by atoms with Gasteiger partial charge in [0.2, 0.25) is 0 Å². The molecule has 1 aromatic heterocycles. The first-order chi connectivity index (χ1) is 13.8. The minimum absolute atomic E-state index is 0.0383. The number of hydrogen-bond acceptors (Lipinski definition) is 5. The molecule has 0 saturated carbocycles. The van der Waals surface area contributed by atoms with Crippen molar-refractivity contribution in [3.8, 4) is 0 Å². The number of hydrogen-bond donors (Lipinski definition) is 0. The second-order valence-corrected chi connectivity index (χ2v) is 11.0. The van der Waals surface area contributed by atoms with E-state index in [0.29, 0.717) is 23.8 Å². The minimum atomic E-state index is -0.509. The van der Waals surface area contributed by atoms with Crippen LogP contribution in [0.25, 0.3) is 0 Å². The highest BCUT2D eigenvalue weighted by atomic mass is 79.9. The molecule has 0 spiro atoms. The van der Waals surface area contributed by atoms with E-state index in [1.54, 1.807) is 28.0 Å². The first-order valence-electron chi connectivity index (χ1n) is 9.64. The van der Waals surface area contributed by atoms with Crippen LogP contribution in [0.3, 0.4) is 0 Å². The number of esters is 1. The number of benzene rings is 1. The van der Waals surface area contributed by atoms with Crippen molar-refractivity contribution in [1.82, 2.24) is 4.90 Å². The van der Waals surface area contributed by atoms with Crippen LogP contribution in [-0.4, -0.2) is 41.1 Å². The number of amides is 1. The summed E-state index contributed by atoms with van der Waals surface area (Å²) in [5.41, 5.74) is 1.83. The molecule has 4 nitrogen and oxygen atoms in total. The molecule has 2 heterocycles. The van der Waals surface area contributed by atoms with Gasteiger partial charge in [0, 0.05) is 26.0 Å². The number of carbonyl (C=O) groups is 2. The Hall–Kier alpha value is -1.31. The van der Waals surface area contributed by atoms with Crippen molar-refractivity contribution in [2.24, 2.45) is 0 Å². The van der Waals surface area contributed by atoms with E-state index in [1.807, 2.05) is 24.3 Å². The number of rotatable bonds is 6. The number of thioether (sulfide) groups is 1. The largest absolute Gasteiger partial charge is 0.464 e. The summed E-state index contributed by atoms with van der Waals surface area (Å²) in [7, 11) is 0. The lowest BCUT2D eigenvalue weighted by Crippen LogP contribution is -2.42. The van der Waals surface area contributed by atoms with Crippen LogP contribution in [0.2, 0.25) is 0 Å². The van der Waals surface area contributed by atoms with Crippen LogP contribution in [0.1, 0.15) is 48.0 Å². The highest BCUT2D eigenvalue weighted by Crippen LogP contribution is 2.26. The Bertz CT molecular complexity index is 858. The summed E-state index contributed by atoms with van der Waals surface area (Å²) in [6.45, 7) is 6.80. The predicted octanol–water partition coefficient (Wildman–Crippen LogP) is 5.50. The molecule has 1 fully saturated rings. The van der Waals surface area contributed by atoms with E-state index in [1.165, 1.54) is 10.4 Å². The van der Waals surface area contributed by atoms with Crippen molar-refractivity contribution >= 4 is 50.9 Å². The van der Waals surface area contributed by atoms with Crippen LogP contribution in [0.5, 0.6) is 0 Å². The molecule has 3 rings (SSSR count). The fourth-order valence-electron chi connectivity index (χ4n) is 3.12. The number of carbonyl (C=O) groups excluding carboxylic acids is 2. The van der Waals surface area contributed by atoms with Crippen LogP contribution in [0, 0.1) is 0 Å². The van der Waals surface area contributed by atoms with Gasteiger partial charge in [-0.25, -0.2) is 4.79 Å². The number of thiophene rings is 1. The third-order valence-corrected chi connectivity index (χ3v) is 7.62. The van der Waals surface area contributed by atoms with Crippen molar-refractivity contribution < 1.29 is 14.3 Å². The Morgan fingerprint density at radius 2 is 1.97 bits per heavy atom. The summed E-state index contributed by atoms with van der Waals surface area (Å²) in [6, 6.07) is 9.27. The first kappa shape index (κ1) is 22.4. The Labute approximate surface area is 189 Å². The number of halogens is 1. The molecule has 156 valence electrons. The molecule has 1 amide bonds. The van der Waals surface area contributed by atoms with Gasteiger partial charge in [-0.1, -0.05) is 32.9 Å². The van der Waals surface area contributed by atoms with Gasteiger partial charge in [0.15, 0.2) is 0 Å². The van der Waals surface area contributed by atoms with Crippen molar-refractivity contribution in [2.75, 3.05) is 18.2 Å². The SMILES string of the molecule is CC(C)(C)c1ccc(C(=O)N2CSCC2C(=O)OCCCc2cc(Br)cs2)cc1. The van der Waals surface area contributed by atoms with E-state index in [2.05, 4.69) is 48.1 Å². The summed E-state index contributed by atoms with van der Waals surface area (Å²) < 4.78 is 6.57. The number of nitrogens with zero attached hydrogens (tertiary/aromatic N) is 1. The van der Waals surface area contributed by atoms with Gasteiger partial charge in [-0.3, -0.25) is 4.79 Å². The molecule has 1 unspecified atom stereocenters. The normalized spacial score (nSPS) is 16.8. The van der Waals surface area contributed by atoms with Gasteiger partial charge in [0.1, 0.15) is 6.04 Å². The van der Waals surface area contributed by atoms with Crippen molar-refractivity contribution in [1.29, 1.82) is 0 Å². The quantitative estimate of drug-likeness (QED) is 0.392. The Morgan fingerprint density at radius 3 is 2.59 bits per heavy atom. The van der Waals surface area contributed by atoms with Crippen LogP contribution in [-0.2, 0) is 21.4 Å². The lowest BCUT2D eigenvalue weighted by molar-refractivity contribution is -0.147. The van der Waals surface area contributed by atoms with E-state index in [4.69, 9.17) is 4.74 Å². The molecule has 1 aliphatic rings. The lowest BCUT2D eigenvalue weighted by atomic mass is 9.86. The molecular weight excluding hydrogens is 470 g/mol. The topological polar surface area (TPSA) is 46.6 Å². The third-order valence-electron chi connectivity index (χ3n) is 4.85. The van der Waals surface area contributed by atoms with E-state index < -0.39 is 6.04 Å². The fraction of sp³-hybridized carbons (Fsp3) is 0.455. The average Bonchev–Trinajstić information content (AvgIpc) is 3.33. The molecule has 0 N–H and O–H groups in total. The smallest absolute Gasteiger partial charge is 0.329 e. The van der Waals surface area contributed by atoms with Gasteiger partial charge in [0.25, 0.3) is 5.91 Å². The van der Waals surface area contributed by atoms with Gasteiger partial charge in [-0.05, 0) is 57.9 Å². The Morgan fingerprint density at radius 1 is 1.24 bits per heavy atom. The Kier molecular flexibility index (Phi) is 7.46. The van der Waals surface area contributed by atoms with Gasteiger partial charge >= 0.3 is 5.97 Å². The van der Waals surface area contributed by atoms with Crippen LogP contribution in [0.4, 0.5) is 0 Å². The van der Waals surface area contributed by atoms with E-state index >= 15 is 0 Å². The zero-order valence-corrected chi connectivity index (χ0v) is 20.2. The molecule has 1 saturated heterocycles. The maximum absolute atomic E-state index is 12.9. The molecule has 0 bridgehead atoms. The second kappa shape index (κ2) is 9.67.